The molecule has 15 heavy (non-hydrogen) atoms. The second-order valence-electron chi connectivity index (χ2n) is 4.56. The van der Waals surface area contributed by atoms with Crippen molar-refractivity contribution in [1.82, 2.24) is 0 Å². The Kier molecular flexibility index (Phi) is 1.81. The molecule has 0 N–H and O–H groups in total. The molecule has 1 atom stereocenters. The van der Waals surface area contributed by atoms with Gasteiger partial charge in [-0.05, 0) is 42.9 Å². The van der Waals surface area contributed by atoms with Crippen molar-refractivity contribution < 1.29 is 0 Å². The number of nitrogens with zero attached hydrogens (tertiary/aromatic N) is 2. The van der Waals surface area contributed by atoms with Gasteiger partial charge >= 0.3 is 0 Å². The second-order valence-corrected chi connectivity index (χ2v) is 4.56. The number of aryl methyl sites for hydroxylation is 2. The van der Waals surface area contributed by atoms with Gasteiger partial charge in [0.15, 0.2) is 0 Å². The van der Waals surface area contributed by atoms with E-state index in [1.165, 1.54) is 29.5 Å². The Hall–Kier alpha value is -1.38. The van der Waals surface area contributed by atoms with Crippen molar-refractivity contribution in [2.45, 2.75) is 32.1 Å². The summed E-state index contributed by atoms with van der Waals surface area (Å²) in [5, 5.41) is 4.78. The zero-order chi connectivity index (χ0) is 10.4. The molecule has 3 nitrogen and oxygen atoms in total. The third-order valence-electron chi connectivity index (χ3n) is 3.67. The van der Waals surface area contributed by atoms with Gasteiger partial charge in [-0.25, -0.2) is 5.01 Å². The maximum Gasteiger partial charge on any atom is 0.0693 e. The van der Waals surface area contributed by atoms with E-state index >= 15 is 0 Å². The highest BCUT2D eigenvalue weighted by atomic mass is 16.3. The van der Waals surface area contributed by atoms with Crippen LogP contribution in [0.15, 0.2) is 17.4 Å². The molecule has 0 bridgehead atoms. The molecule has 1 aliphatic carbocycles. The summed E-state index contributed by atoms with van der Waals surface area (Å²) in [5.41, 5.74) is 5.10. The Bertz CT molecular complexity index is 428. The fourth-order valence-corrected chi connectivity index (χ4v) is 3.01. The number of nitroso groups, excluding NO2 is 1. The van der Waals surface area contributed by atoms with Crippen LogP contribution in [-0.2, 0) is 6.42 Å². The summed E-state index contributed by atoms with van der Waals surface area (Å²) in [6.45, 7) is 2.85. The van der Waals surface area contributed by atoms with Gasteiger partial charge in [0.1, 0.15) is 0 Å². The van der Waals surface area contributed by atoms with E-state index in [0.717, 1.165) is 18.7 Å². The van der Waals surface area contributed by atoms with Gasteiger partial charge in [-0.3, -0.25) is 0 Å². The van der Waals surface area contributed by atoms with Crippen molar-refractivity contribution in [3.8, 4) is 0 Å². The standard InChI is InChI=1S/C12H14N2O/c1-8-5-6-9-3-2-4-10-7-14(13-15)12(8)11(9)10/h5-6,10H,2-4,7H2,1H3. The lowest BCUT2D eigenvalue weighted by molar-refractivity contribution is 0.575. The Morgan fingerprint density at radius 2 is 2.33 bits per heavy atom. The topological polar surface area (TPSA) is 32.7 Å². The van der Waals surface area contributed by atoms with Crippen LogP contribution in [0.3, 0.4) is 0 Å². The van der Waals surface area contributed by atoms with Crippen molar-refractivity contribution >= 4 is 5.69 Å². The van der Waals surface area contributed by atoms with Crippen LogP contribution in [0.1, 0.15) is 35.4 Å². The molecule has 3 rings (SSSR count). The van der Waals surface area contributed by atoms with Crippen molar-refractivity contribution in [1.29, 1.82) is 0 Å². The zero-order valence-corrected chi connectivity index (χ0v) is 8.86. The van der Waals surface area contributed by atoms with Crippen molar-refractivity contribution in [3.05, 3.63) is 33.7 Å². The SMILES string of the molecule is Cc1ccc2c3c1N(N=O)CC3CCC2. The molecule has 2 aliphatic rings. The van der Waals surface area contributed by atoms with E-state index in [1.807, 2.05) is 0 Å². The normalized spacial score (nSPS) is 22.7. The number of rotatable bonds is 1. The maximum absolute atomic E-state index is 10.8. The van der Waals surface area contributed by atoms with Gasteiger partial charge in [0.25, 0.3) is 0 Å². The van der Waals surface area contributed by atoms with Crippen LogP contribution in [0.2, 0.25) is 0 Å². The highest BCUT2D eigenvalue weighted by Gasteiger charge is 2.34. The van der Waals surface area contributed by atoms with Gasteiger partial charge in [0, 0.05) is 5.92 Å². The van der Waals surface area contributed by atoms with Gasteiger partial charge in [-0.15, -0.1) is 4.91 Å². The molecule has 3 heteroatoms. The van der Waals surface area contributed by atoms with Crippen LogP contribution in [0.5, 0.6) is 0 Å². The van der Waals surface area contributed by atoms with Crippen molar-refractivity contribution in [2.24, 2.45) is 5.29 Å². The molecule has 1 heterocycles. The van der Waals surface area contributed by atoms with Crippen LogP contribution in [-0.4, -0.2) is 6.54 Å². The Morgan fingerprint density at radius 3 is 3.13 bits per heavy atom. The first-order valence-corrected chi connectivity index (χ1v) is 5.54. The predicted octanol–water partition coefficient (Wildman–Crippen LogP) is 2.92. The van der Waals surface area contributed by atoms with E-state index < -0.39 is 0 Å². The molecule has 78 valence electrons. The van der Waals surface area contributed by atoms with Gasteiger partial charge in [-0.2, -0.15) is 0 Å². The monoisotopic (exact) mass is 202 g/mol. The van der Waals surface area contributed by atoms with E-state index in [-0.39, 0.29) is 0 Å². The Balaban J connectivity index is 2.24. The van der Waals surface area contributed by atoms with Gasteiger partial charge in [0.05, 0.1) is 17.5 Å². The van der Waals surface area contributed by atoms with E-state index in [9.17, 15) is 4.91 Å². The number of benzene rings is 1. The predicted molar refractivity (Wildman–Crippen MR) is 60.0 cm³/mol. The van der Waals surface area contributed by atoms with E-state index in [0.29, 0.717) is 5.92 Å². The van der Waals surface area contributed by atoms with E-state index in [1.54, 1.807) is 5.01 Å². The summed E-state index contributed by atoms with van der Waals surface area (Å²) in [7, 11) is 0. The molecule has 1 aromatic carbocycles. The molecule has 1 aliphatic heterocycles. The van der Waals surface area contributed by atoms with E-state index in [4.69, 9.17) is 0 Å². The summed E-state index contributed by atoms with van der Waals surface area (Å²) < 4.78 is 0. The Morgan fingerprint density at radius 1 is 1.47 bits per heavy atom. The fraction of sp³-hybridized carbons (Fsp3) is 0.500. The quantitative estimate of drug-likeness (QED) is 0.656. The van der Waals surface area contributed by atoms with Crippen LogP contribution in [0.4, 0.5) is 5.69 Å². The van der Waals surface area contributed by atoms with Gasteiger partial charge in [-0.1, -0.05) is 12.1 Å². The smallest absolute Gasteiger partial charge is 0.0693 e. The molecule has 0 fully saturated rings. The summed E-state index contributed by atoms with van der Waals surface area (Å²) in [6.07, 6.45) is 3.61. The zero-order valence-electron chi connectivity index (χ0n) is 8.86. The summed E-state index contributed by atoms with van der Waals surface area (Å²) in [6, 6.07) is 4.33. The molecular formula is C12H14N2O. The van der Waals surface area contributed by atoms with Crippen molar-refractivity contribution in [3.63, 3.8) is 0 Å². The maximum atomic E-state index is 10.8. The summed E-state index contributed by atoms with van der Waals surface area (Å²) >= 11 is 0. The first-order valence-electron chi connectivity index (χ1n) is 5.54. The largest absolute Gasteiger partial charge is 0.228 e. The second kappa shape index (κ2) is 3.05. The number of hydrogen-bond acceptors (Lipinski definition) is 2. The van der Waals surface area contributed by atoms with E-state index in [2.05, 4.69) is 24.3 Å². The lowest BCUT2D eigenvalue weighted by atomic mass is 9.83. The highest BCUT2D eigenvalue weighted by molar-refractivity contribution is 5.67. The average molecular weight is 202 g/mol. The first kappa shape index (κ1) is 8.89. The minimum absolute atomic E-state index is 0.543. The molecule has 0 saturated heterocycles. The molecule has 1 unspecified atom stereocenters. The van der Waals surface area contributed by atoms with Crippen LogP contribution in [0.25, 0.3) is 0 Å². The third-order valence-corrected chi connectivity index (χ3v) is 3.67. The van der Waals surface area contributed by atoms with Gasteiger partial charge < -0.3 is 0 Å². The summed E-state index contributed by atoms with van der Waals surface area (Å²) in [4.78, 5) is 10.8. The molecule has 1 aromatic rings. The molecule has 0 amide bonds. The van der Waals surface area contributed by atoms with Crippen LogP contribution in [0, 0.1) is 11.8 Å². The minimum Gasteiger partial charge on any atom is -0.228 e. The first-order chi connectivity index (χ1) is 7.31. The minimum atomic E-state index is 0.543. The molecule has 0 spiro atoms. The Labute approximate surface area is 89.0 Å². The average Bonchev–Trinajstić information content (AvgIpc) is 2.64. The third kappa shape index (κ3) is 1.12. The van der Waals surface area contributed by atoms with Crippen molar-refractivity contribution in [2.75, 3.05) is 11.6 Å². The summed E-state index contributed by atoms with van der Waals surface area (Å²) in [5.74, 6) is 0.543. The fourth-order valence-electron chi connectivity index (χ4n) is 3.01. The molecule has 0 aromatic heterocycles. The lowest BCUT2D eigenvalue weighted by Crippen LogP contribution is -2.14. The lowest BCUT2D eigenvalue weighted by Gasteiger charge is -2.20. The molecule has 0 radical (unpaired) electrons. The van der Waals surface area contributed by atoms with Crippen LogP contribution >= 0.6 is 0 Å². The number of hydrogen-bond donors (Lipinski definition) is 0. The molecule has 0 saturated carbocycles. The van der Waals surface area contributed by atoms with Crippen LogP contribution < -0.4 is 5.01 Å². The van der Waals surface area contributed by atoms with Gasteiger partial charge in [0.2, 0.25) is 0 Å². The molecular weight excluding hydrogens is 188 g/mol. The number of anilines is 1. The highest BCUT2D eigenvalue weighted by Crippen LogP contribution is 2.46.